The minimum Gasteiger partial charge on any atom is -0.457 e. The second-order valence-electron chi connectivity index (χ2n) is 10.8. The number of hydrogen-bond donors (Lipinski definition) is 1. The van der Waals surface area contributed by atoms with Gasteiger partial charge in [-0.2, -0.15) is 0 Å². The second kappa shape index (κ2) is 11.5. The molecule has 0 aromatic heterocycles. The van der Waals surface area contributed by atoms with Crippen molar-refractivity contribution < 1.29 is 19.1 Å². The fraction of sp³-hybridized carbons (Fsp3) is 0.303. The van der Waals surface area contributed by atoms with Crippen LogP contribution in [0.1, 0.15) is 36.4 Å². The first-order valence-electron chi connectivity index (χ1n) is 14.2. The molecule has 2 atom stereocenters. The summed E-state index contributed by atoms with van der Waals surface area (Å²) in [7, 11) is 1.67. The maximum Gasteiger partial charge on any atom is 0.322 e. The molecule has 0 aliphatic carbocycles. The van der Waals surface area contributed by atoms with Crippen molar-refractivity contribution in [2.75, 3.05) is 26.7 Å². The molecule has 8 heteroatoms. The summed E-state index contributed by atoms with van der Waals surface area (Å²) in [5.41, 5.74) is 2.85. The van der Waals surface area contributed by atoms with Gasteiger partial charge in [0.2, 0.25) is 5.91 Å². The van der Waals surface area contributed by atoms with E-state index in [2.05, 4.69) is 5.32 Å². The SMILES string of the molecule is CN1C(=O)N[C@H](c2cccc(Oc3ccccc3)c2)C2=C1CN([C@H](Cc1ccccc1)C(=O)N1CCCCC1)C2=O. The lowest BCUT2D eigenvalue weighted by atomic mass is 9.95. The minimum atomic E-state index is -0.662. The Kier molecular flexibility index (Phi) is 7.46. The van der Waals surface area contributed by atoms with Crippen molar-refractivity contribution in [3.8, 4) is 11.5 Å². The third-order valence-electron chi connectivity index (χ3n) is 8.16. The number of ether oxygens (including phenoxy) is 1. The molecule has 0 radical (unpaired) electrons. The van der Waals surface area contributed by atoms with Crippen LogP contribution < -0.4 is 10.1 Å². The smallest absolute Gasteiger partial charge is 0.322 e. The molecule has 3 aliphatic heterocycles. The largest absolute Gasteiger partial charge is 0.457 e. The molecule has 4 amide bonds. The maximum atomic E-state index is 14.3. The van der Waals surface area contributed by atoms with E-state index in [1.165, 1.54) is 4.90 Å². The molecule has 0 saturated carbocycles. The van der Waals surface area contributed by atoms with Crippen LogP contribution >= 0.6 is 0 Å². The van der Waals surface area contributed by atoms with Crippen LogP contribution in [0.15, 0.2) is 96.2 Å². The summed E-state index contributed by atoms with van der Waals surface area (Å²) >= 11 is 0. The molecular formula is C33H34N4O4. The molecular weight excluding hydrogens is 516 g/mol. The van der Waals surface area contributed by atoms with Crippen molar-refractivity contribution in [3.63, 3.8) is 0 Å². The molecule has 3 aromatic rings. The number of likely N-dealkylation sites (N-methyl/N-ethyl adjacent to an activating group) is 1. The van der Waals surface area contributed by atoms with Crippen molar-refractivity contribution in [2.24, 2.45) is 0 Å². The van der Waals surface area contributed by atoms with E-state index >= 15 is 0 Å². The van der Waals surface area contributed by atoms with Gasteiger partial charge in [0, 0.05) is 26.6 Å². The normalized spacial score (nSPS) is 19.6. The number of piperidine rings is 1. The van der Waals surface area contributed by atoms with Crippen molar-refractivity contribution in [1.82, 2.24) is 20.0 Å². The van der Waals surface area contributed by atoms with E-state index in [9.17, 15) is 14.4 Å². The molecule has 1 saturated heterocycles. The molecule has 0 unspecified atom stereocenters. The Hall–Kier alpha value is -4.59. The highest BCUT2D eigenvalue weighted by atomic mass is 16.5. The maximum absolute atomic E-state index is 14.3. The van der Waals surface area contributed by atoms with Crippen molar-refractivity contribution >= 4 is 17.8 Å². The van der Waals surface area contributed by atoms with E-state index in [4.69, 9.17) is 4.74 Å². The molecule has 41 heavy (non-hydrogen) atoms. The Labute approximate surface area is 240 Å². The predicted octanol–water partition coefficient (Wildman–Crippen LogP) is 4.90. The van der Waals surface area contributed by atoms with Gasteiger partial charge in [-0.1, -0.05) is 60.7 Å². The Morgan fingerprint density at radius 2 is 1.59 bits per heavy atom. The number of carbonyl (C=O) groups excluding carboxylic acids is 3. The lowest BCUT2D eigenvalue weighted by Gasteiger charge is -2.35. The number of rotatable bonds is 7. The third kappa shape index (κ3) is 5.42. The highest BCUT2D eigenvalue weighted by molar-refractivity contribution is 6.03. The lowest BCUT2D eigenvalue weighted by Crippen LogP contribution is -2.52. The third-order valence-corrected chi connectivity index (χ3v) is 8.16. The second-order valence-corrected chi connectivity index (χ2v) is 10.8. The van der Waals surface area contributed by atoms with E-state index in [0.717, 1.165) is 30.4 Å². The monoisotopic (exact) mass is 550 g/mol. The van der Waals surface area contributed by atoms with Crippen LogP contribution in [-0.4, -0.2) is 65.3 Å². The molecule has 210 valence electrons. The molecule has 0 bridgehead atoms. The molecule has 1 N–H and O–H groups in total. The number of urea groups is 1. The van der Waals surface area contributed by atoms with Crippen LogP contribution in [0.2, 0.25) is 0 Å². The fourth-order valence-corrected chi connectivity index (χ4v) is 5.97. The summed E-state index contributed by atoms with van der Waals surface area (Å²) in [4.78, 5) is 46.4. The van der Waals surface area contributed by atoms with Gasteiger partial charge in [0.25, 0.3) is 5.91 Å². The topological polar surface area (TPSA) is 82.2 Å². The quantitative estimate of drug-likeness (QED) is 0.454. The summed E-state index contributed by atoms with van der Waals surface area (Å²) in [5, 5.41) is 3.01. The Morgan fingerprint density at radius 1 is 0.902 bits per heavy atom. The number of nitrogens with one attached hydrogen (secondary N) is 1. The van der Waals surface area contributed by atoms with Crippen LogP contribution in [0.5, 0.6) is 11.5 Å². The predicted molar refractivity (Wildman–Crippen MR) is 155 cm³/mol. The zero-order valence-electron chi connectivity index (χ0n) is 23.2. The van der Waals surface area contributed by atoms with E-state index in [1.54, 1.807) is 11.9 Å². The molecule has 0 spiro atoms. The molecule has 3 heterocycles. The van der Waals surface area contributed by atoms with Crippen LogP contribution in [0.25, 0.3) is 0 Å². The molecule has 6 rings (SSSR count). The highest BCUT2D eigenvalue weighted by Crippen LogP contribution is 2.38. The van der Waals surface area contributed by atoms with Crippen LogP contribution in [0, 0.1) is 0 Å². The van der Waals surface area contributed by atoms with Gasteiger partial charge >= 0.3 is 6.03 Å². The summed E-state index contributed by atoms with van der Waals surface area (Å²) in [6, 6.07) is 25.1. The van der Waals surface area contributed by atoms with Gasteiger partial charge in [-0.25, -0.2) is 4.79 Å². The number of carbonyl (C=O) groups is 3. The fourth-order valence-electron chi connectivity index (χ4n) is 5.97. The lowest BCUT2D eigenvalue weighted by molar-refractivity contribution is -0.143. The van der Waals surface area contributed by atoms with Crippen molar-refractivity contribution in [2.45, 2.75) is 37.8 Å². The summed E-state index contributed by atoms with van der Waals surface area (Å²) < 4.78 is 6.04. The van der Waals surface area contributed by atoms with E-state index in [-0.39, 0.29) is 24.4 Å². The van der Waals surface area contributed by atoms with E-state index in [1.807, 2.05) is 89.8 Å². The first kappa shape index (κ1) is 26.6. The van der Waals surface area contributed by atoms with Gasteiger partial charge in [0.15, 0.2) is 0 Å². The number of benzene rings is 3. The van der Waals surface area contributed by atoms with Gasteiger partial charge in [-0.05, 0) is 54.7 Å². The van der Waals surface area contributed by atoms with E-state index < -0.39 is 12.1 Å². The van der Waals surface area contributed by atoms with E-state index in [0.29, 0.717) is 42.3 Å². The summed E-state index contributed by atoms with van der Waals surface area (Å²) in [5.74, 6) is 1.05. The van der Waals surface area contributed by atoms with Crippen molar-refractivity contribution in [1.29, 1.82) is 0 Å². The molecule has 3 aliphatic rings. The zero-order valence-corrected chi connectivity index (χ0v) is 23.2. The van der Waals surface area contributed by atoms with Gasteiger partial charge in [0.05, 0.1) is 23.9 Å². The van der Waals surface area contributed by atoms with Crippen LogP contribution in [0.4, 0.5) is 4.79 Å². The number of amides is 4. The molecule has 8 nitrogen and oxygen atoms in total. The van der Waals surface area contributed by atoms with Crippen LogP contribution in [-0.2, 0) is 16.0 Å². The zero-order chi connectivity index (χ0) is 28.3. The highest BCUT2D eigenvalue weighted by Gasteiger charge is 2.47. The first-order valence-corrected chi connectivity index (χ1v) is 14.2. The van der Waals surface area contributed by atoms with Gasteiger partial charge in [0.1, 0.15) is 17.5 Å². The van der Waals surface area contributed by atoms with Gasteiger partial charge < -0.3 is 19.9 Å². The van der Waals surface area contributed by atoms with Crippen LogP contribution in [0.3, 0.4) is 0 Å². The number of likely N-dealkylation sites (tertiary alicyclic amines) is 1. The molecule has 3 aromatic carbocycles. The first-order chi connectivity index (χ1) is 20.0. The average Bonchev–Trinajstić information content (AvgIpc) is 3.36. The van der Waals surface area contributed by atoms with Crippen molar-refractivity contribution in [3.05, 3.63) is 107 Å². The van der Waals surface area contributed by atoms with Gasteiger partial charge in [-0.15, -0.1) is 0 Å². The Bertz CT molecular complexity index is 1470. The summed E-state index contributed by atoms with van der Waals surface area (Å²) in [6.07, 6.45) is 3.46. The average molecular weight is 551 g/mol. The Morgan fingerprint density at radius 3 is 2.32 bits per heavy atom. The number of nitrogens with zero attached hydrogens (tertiary/aromatic N) is 3. The Balaban J connectivity index is 1.32. The standard InChI is InChI=1S/C33H34N4O4/c1-35-28-22-37(27(20-23-12-5-2-6-13-23)31(38)36-18-9-4-10-19-36)32(39)29(28)30(34-33(35)40)24-14-11-17-26(21-24)41-25-15-7-3-8-16-25/h2-3,5-8,11-17,21,27,30H,4,9-10,18-20,22H2,1H3,(H,34,40)/t27-,30-/m1/s1. The summed E-state index contributed by atoms with van der Waals surface area (Å²) in [6.45, 7) is 1.61. The molecule has 1 fully saturated rings. The number of hydrogen-bond acceptors (Lipinski definition) is 4. The van der Waals surface area contributed by atoms with Gasteiger partial charge in [-0.3, -0.25) is 14.5 Å². The minimum absolute atomic E-state index is 0.0292. The number of para-hydroxylation sites is 1.